The lowest BCUT2D eigenvalue weighted by Gasteiger charge is -2.12. The summed E-state index contributed by atoms with van der Waals surface area (Å²) in [4.78, 5) is 9.74. The van der Waals surface area contributed by atoms with Gasteiger partial charge in [0.05, 0.1) is 12.2 Å². The minimum Gasteiger partial charge on any atom is -0.233 e. The highest BCUT2D eigenvalue weighted by Crippen LogP contribution is 2.00. The third kappa shape index (κ3) is 4.77. The van der Waals surface area contributed by atoms with Crippen LogP contribution in [0.4, 0.5) is 0 Å². The van der Waals surface area contributed by atoms with E-state index >= 15 is 0 Å². The van der Waals surface area contributed by atoms with Crippen molar-refractivity contribution in [2.45, 2.75) is 39.9 Å². The van der Waals surface area contributed by atoms with Gasteiger partial charge in [0.2, 0.25) is 0 Å². The molecule has 0 amide bonds. The average Bonchev–Trinajstić information content (AvgIpc) is 1.99. The minimum atomic E-state index is -0.0733. The highest BCUT2D eigenvalue weighted by atomic mass is 17.2. The van der Waals surface area contributed by atoms with E-state index in [1.807, 2.05) is 13.8 Å². The maximum Gasteiger partial charge on any atom is 0.0968 e. The van der Waals surface area contributed by atoms with Gasteiger partial charge in [-0.25, -0.2) is 9.78 Å². The summed E-state index contributed by atoms with van der Waals surface area (Å²) in [5.74, 6) is 0. The fourth-order valence-electron chi connectivity index (χ4n) is 0.263. The second-order valence-electron chi connectivity index (χ2n) is 2.05. The summed E-state index contributed by atoms with van der Waals surface area (Å²) in [6.45, 7) is 7.33. The largest absolute Gasteiger partial charge is 0.233 e. The van der Waals surface area contributed by atoms with Crippen LogP contribution in [0.15, 0.2) is 0 Å². The lowest BCUT2D eigenvalue weighted by molar-refractivity contribution is -0.331. The molecule has 2 heteroatoms. The van der Waals surface area contributed by atoms with Crippen molar-refractivity contribution in [2.75, 3.05) is 0 Å². The van der Waals surface area contributed by atoms with Crippen LogP contribution in [0.5, 0.6) is 0 Å². The Hall–Kier alpha value is -0.0800. The molecule has 0 saturated heterocycles. The molecule has 58 valence electrons. The third-order valence-corrected chi connectivity index (χ3v) is 1.16. The van der Waals surface area contributed by atoms with Crippen LogP contribution in [-0.2, 0) is 9.78 Å². The Kier molecular flexibility index (Phi) is 5.64. The standard InChI is InChI=1S/C8H14O2/c1-5-7(3)9-10-8(4)6-2/h7-8H,1-4H3. The molecule has 0 spiro atoms. The molecule has 0 N–H and O–H groups in total. The zero-order chi connectivity index (χ0) is 7.98. The van der Waals surface area contributed by atoms with Crippen molar-refractivity contribution in [3.05, 3.63) is 12.8 Å². The molecule has 0 heterocycles. The summed E-state index contributed by atoms with van der Waals surface area (Å²) in [5.41, 5.74) is 0. The molecule has 4 radical (unpaired) electrons. The van der Waals surface area contributed by atoms with E-state index in [4.69, 9.17) is 9.78 Å². The van der Waals surface area contributed by atoms with E-state index in [2.05, 4.69) is 12.8 Å². The van der Waals surface area contributed by atoms with Gasteiger partial charge in [0.25, 0.3) is 0 Å². The van der Waals surface area contributed by atoms with E-state index in [9.17, 15) is 0 Å². The zero-order valence-electron chi connectivity index (χ0n) is 6.97. The molecular weight excluding hydrogens is 128 g/mol. The van der Waals surface area contributed by atoms with Crippen LogP contribution in [-0.4, -0.2) is 12.2 Å². The summed E-state index contributed by atoms with van der Waals surface area (Å²) in [6, 6.07) is 0. The highest BCUT2D eigenvalue weighted by Gasteiger charge is 2.03. The SMILES string of the molecule is C[C]C(C)OOC(C)[C]C. The third-order valence-electron chi connectivity index (χ3n) is 1.16. The first kappa shape index (κ1) is 9.92. The Morgan fingerprint density at radius 1 is 0.900 bits per heavy atom. The highest BCUT2D eigenvalue weighted by molar-refractivity contribution is 4.66. The van der Waals surface area contributed by atoms with Gasteiger partial charge in [-0.2, -0.15) is 0 Å². The van der Waals surface area contributed by atoms with Crippen molar-refractivity contribution in [1.29, 1.82) is 0 Å². The summed E-state index contributed by atoms with van der Waals surface area (Å²) in [5, 5.41) is 0. The molecular formula is C8H14O2. The van der Waals surface area contributed by atoms with Gasteiger partial charge in [-0.1, -0.05) is 13.8 Å². The average molecular weight is 142 g/mol. The van der Waals surface area contributed by atoms with Gasteiger partial charge < -0.3 is 0 Å². The topological polar surface area (TPSA) is 18.5 Å². The maximum absolute atomic E-state index is 4.87. The second-order valence-corrected chi connectivity index (χ2v) is 2.05. The molecule has 0 bridgehead atoms. The molecule has 0 aromatic rings. The zero-order valence-corrected chi connectivity index (χ0v) is 6.97. The van der Waals surface area contributed by atoms with Gasteiger partial charge in [-0.05, 0) is 13.8 Å². The predicted molar refractivity (Wildman–Crippen MR) is 38.9 cm³/mol. The molecule has 0 aromatic carbocycles. The Morgan fingerprint density at radius 3 is 1.40 bits per heavy atom. The molecule has 0 fully saturated rings. The fourth-order valence-corrected chi connectivity index (χ4v) is 0.263. The van der Waals surface area contributed by atoms with E-state index in [0.29, 0.717) is 0 Å². The predicted octanol–water partition coefficient (Wildman–Crippen LogP) is 1.91. The monoisotopic (exact) mass is 142 g/mol. The van der Waals surface area contributed by atoms with Crippen LogP contribution >= 0.6 is 0 Å². The van der Waals surface area contributed by atoms with E-state index < -0.39 is 0 Å². The van der Waals surface area contributed by atoms with Crippen LogP contribution in [0.3, 0.4) is 0 Å². The van der Waals surface area contributed by atoms with E-state index in [-0.39, 0.29) is 12.2 Å². The van der Waals surface area contributed by atoms with Gasteiger partial charge in [-0.15, -0.1) is 0 Å². The van der Waals surface area contributed by atoms with Crippen LogP contribution in [0, 0.1) is 12.8 Å². The van der Waals surface area contributed by atoms with Crippen molar-refractivity contribution in [1.82, 2.24) is 0 Å². The molecule has 0 aliphatic rings. The molecule has 0 aliphatic heterocycles. The lowest BCUT2D eigenvalue weighted by Crippen LogP contribution is -2.14. The quantitative estimate of drug-likeness (QED) is 0.431. The Bertz CT molecular complexity index is 63.7. The van der Waals surface area contributed by atoms with Crippen LogP contribution in [0.25, 0.3) is 0 Å². The first-order valence-corrected chi connectivity index (χ1v) is 3.37. The van der Waals surface area contributed by atoms with Crippen molar-refractivity contribution in [3.8, 4) is 0 Å². The van der Waals surface area contributed by atoms with Crippen molar-refractivity contribution in [2.24, 2.45) is 0 Å². The molecule has 0 aromatic heterocycles. The van der Waals surface area contributed by atoms with Gasteiger partial charge in [-0.3, -0.25) is 0 Å². The maximum atomic E-state index is 4.87. The van der Waals surface area contributed by atoms with E-state index in [1.54, 1.807) is 13.8 Å². The van der Waals surface area contributed by atoms with Crippen LogP contribution in [0.2, 0.25) is 0 Å². The minimum absolute atomic E-state index is 0.0733. The second kappa shape index (κ2) is 5.69. The number of rotatable bonds is 5. The molecule has 2 nitrogen and oxygen atoms in total. The molecule has 0 aliphatic carbocycles. The van der Waals surface area contributed by atoms with Gasteiger partial charge in [0.15, 0.2) is 0 Å². The Labute approximate surface area is 63.5 Å². The fraction of sp³-hybridized carbons (Fsp3) is 0.750. The summed E-state index contributed by atoms with van der Waals surface area (Å²) in [7, 11) is 0. The normalized spacial score (nSPS) is 16.8. The molecule has 10 heavy (non-hydrogen) atoms. The van der Waals surface area contributed by atoms with Crippen LogP contribution < -0.4 is 0 Å². The van der Waals surface area contributed by atoms with Crippen molar-refractivity contribution < 1.29 is 9.78 Å². The van der Waals surface area contributed by atoms with E-state index in [1.165, 1.54) is 0 Å². The molecule has 0 rings (SSSR count). The van der Waals surface area contributed by atoms with Crippen molar-refractivity contribution in [3.63, 3.8) is 0 Å². The number of hydrogen-bond donors (Lipinski definition) is 0. The first-order chi connectivity index (χ1) is 4.70. The summed E-state index contributed by atoms with van der Waals surface area (Å²) < 4.78 is 0. The van der Waals surface area contributed by atoms with Crippen LogP contribution in [0.1, 0.15) is 27.7 Å². The van der Waals surface area contributed by atoms with Crippen molar-refractivity contribution >= 4 is 0 Å². The summed E-state index contributed by atoms with van der Waals surface area (Å²) in [6.07, 6.45) is 5.59. The lowest BCUT2D eigenvalue weighted by atomic mass is 10.3. The van der Waals surface area contributed by atoms with Gasteiger partial charge in [0.1, 0.15) is 0 Å². The molecule has 2 atom stereocenters. The first-order valence-electron chi connectivity index (χ1n) is 3.37. The Morgan fingerprint density at radius 2 is 1.20 bits per heavy atom. The van der Waals surface area contributed by atoms with Gasteiger partial charge in [0, 0.05) is 12.8 Å². The van der Waals surface area contributed by atoms with Gasteiger partial charge >= 0.3 is 0 Å². The Balaban J connectivity index is 3.17. The van der Waals surface area contributed by atoms with E-state index in [0.717, 1.165) is 0 Å². The smallest absolute Gasteiger partial charge is 0.0968 e. The molecule has 2 unspecified atom stereocenters. The molecule has 0 saturated carbocycles. The summed E-state index contributed by atoms with van der Waals surface area (Å²) >= 11 is 0. The number of hydrogen-bond acceptors (Lipinski definition) is 2.